The lowest BCUT2D eigenvalue weighted by Crippen LogP contribution is -2.29. The van der Waals surface area contributed by atoms with E-state index in [1.807, 2.05) is 25.1 Å². The van der Waals surface area contributed by atoms with Crippen molar-refractivity contribution in [3.63, 3.8) is 0 Å². The minimum absolute atomic E-state index is 0.0424. The number of nitrogens with one attached hydrogen (secondary N) is 1. The lowest BCUT2D eigenvalue weighted by molar-refractivity contribution is 0.512. The summed E-state index contributed by atoms with van der Waals surface area (Å²) in [4.78, 5) is 0. The van der Waals surface area contributed by atoms with Gasteiger partial charge in [-0.2, -0.15) is 0 Å². The van der Waals surface area contributed by atoms with Gasteiger partial charge in [-0.1, -0.05) is 36.4 Å². The highest BCUT2D eigenvalue weighted by molar-refractivity contribution is 5.29. The molecule has 1 atom stereocenters. The van der Waals surface area contributed by atoms with E-state index < -0.39 is 0 Å². The van der Waals surface area contributed by atoms with Crippen LogP contribution in [0.25, 0.3) is 0 Å². The molecule has 100 valence electrons. The van der Waals surface area contributed by atoms with Crippen molar-refractivity contribution in [2.75, 3.05) is 0 Å². The Kier molecular flexibility index (Phi) is 4.66. The van der Waals surface area contributed by atoms with Gasteiger partial charge in [0, 0.05) is 6.04 Å². The van der Waals surface area contributed by atoms with Crippen molar-refractivity contribution >= 4 is 0 Å². The zero-order chi connectivity index (χ0) is 13.7. The molecule has 0 aliphatic rings. The third-order valence-corrected chi connectivity index (χ3v) is 3.37. The minimum atomic E-state index is -0.208. The molecule has 0 saturated carbocycles. The van der Waals surface area contributed by atoms with Crippen molar-refractivity contribution in [3.05, 3.63) is 71.0 Å². The van der Waals surface area contributed by atoms with Crippen molar-refractivity contribution in [2.24, 2.45) is 5.84 Å². The Labute approximate surface area is 113 Å². The van der Waals surface area contributed by atoms with Crippen LogP contribution in [-0.4, -0.2) is 0 Å². The van der Waals surface area contributed by atoms with E-state index in [-0.39, 0.29) is 11.9 Å². The van der Waals surface area contributed by atoms with Crippen LogP contribution >= 0.6 is 0 Å². The number of nitrogens with two attached hydrogens (primary N) is 1. The Morgan fingerprint density at radius 1 is 1.16 bits per heavy atom. The van der Waals surface area contributed by atoms with Gasteiger partial charge in [-0.25, -0.2) is 4.39 Å². The highest BCUT2D eigenvalue weighted by atomic mass is 19.1. The van der Waals surface area contributed by atoms with Gasteiger partial charge < -0.3 is 0 Å². The Morgan fingerprint density at radius 2 is 1.89 bits per heavy atom. The Bertz CT molecular complexity index is 526. The Hall–Kier alpha value is -1.71. The maximum atomic E-state index is 13.1. The second-order valence-corrected chi connectivity index (χ2v) is 4.74. The maximum Gasteiger partial charge on any atom is 0.123 e. The summed E-state index contributed by atoms with van der Waals surface area (Å²) in [7, 11) is 0. The summed E-state index contributed by atoms with van der Waals surface area (Å²) in [5, 5.41) is 0. The molecule has 0 aliphatic heterocycles. The summed E-state index contributed by atoms with van der Waals surface area (Å²) in [5.41, 5.74) is 6.09. The van der Waals surface area contributed by atoms with Crippen LogP contribution in [0, 0.1) is 12.7 Å². The van der Waals surface area contributed by atoms with Gasteiger partial charge in [0.1, 0.15) is 5.82 Å². The van der Waals surface area contributed by atoms with E-state index in [0.717, 1.165) is 24.0 Å². The van der Waals surface area contributed by atoms with E-state index in [0.29, 0.717) is 0 Å². The molecule has 2 aromatic rings. The van der Waals surface area contributed by atoms with Crippen molar-refractivity contribution in [1.82, 2.24) is 5.43 Å². The maximum absolute atomic E-state index is 13.1. The van der Waals surface area contributed by atoms with Gasteiger partial charge in [-0.3, -0.25) is 11.3 Å². The normalized spacial score (nSPS) is 12.4. The number of hydrogen-bond acceptors (Lipinski definition) is 2. The predicted molar refractivity (Wildman–Crippen MR) is 76.0 cm³/mol. The van der Waals surface area contributed by atoms with Gasteiger partial charge in [0.25, 0.3) is 0 Å². The summed E-state index contributed by atoms with van der Waals surface area (Å²) >= 11 is 0. The highest BCUT2D eigenvalue weighted by Crippen LogP contribution is 2.22. The molecule has 0 aliphatic carbocycles. The number of hydrazine groups is 1. The molecule has 3 heteroatoms. The average molecular weight is 258 g/mol. The zero-order valence-corrected chi connectivity index (χ0v) is 11.1. The number of halogens is 1. The molecule has 0 fully saturated rings. The van der Waals surface area contributed by atoms with Crippen LogP contribution in [0.3, 0.4) is 0 Å². The van der Waals surface area contributed by atoms with Gasteiger partial charge >= 0.3 is 0 Å². The van der Waals surface area contributed by atoms with Gasteiger partial charge in [-0.15, -0.1) is 0 Å². The lowest BCUT2D eigenvalue weighted by atomic mass is 9.96. The molecule has 3 N–H and O–H groups in total. The van der Waals surface area contributed by atoms with Crippen LogP contribution in [0.15, 0.2) is 48.5 Å². The van der Waals surface area contributed by atoms with Crippen molar-refractivity contribution < 1.29 is 4.39 Å². The molecule has 0 spiro atoms. The van der Waals surface area contributed by atoms with Gasteiger partial charge in [0.15, 0.2) is 0 Å². The second kappa shape index (κ2) is 6.45. The smallest absolute Gasteiger partial charge is 0.123 e. The topological polar surface area (TPSA) is 38.0 Å². The molecule has 0 heterocycles. The fourth-order valence-electron chi connectivity index (χ4n) is 2.31. The standard InChI is InChI=1S/C16H19FN2/c1-12-11-14(17)8-9-15(12)16(19-18)10-7-13-5-3-2-4-6-13/h2-6,8-9,11,16,19H,7,10,18H2,1H3. The van der Waals surface area contributed by atoms with Gasteiger partial charge in [0.2, 0.25) is 0 Å². The van der Waals surface area contributed by atoms with Crippen LogP contribution in [0.5, 0.6) is 0 Å². The highest BCUT2D eigenvalue weighted by Gasteiger charge is 2.12. The first-order valence-corrected chi connectivity index (χ1v) is 6.47. The SMILES string of the molecule is Cc1cc(F)ccc1C(CCc1ccccc1)NN. The molecule has 1 unspecified atom stereocenters. The lowest BCUT2D eigenvalue weighted by Gasteiger charge is -2.18. The predicted octanol–water partition coefficient (Wildman–Crippen LogP) is 3.27. The monoisotopic (exact) mass is 258 g/mol. The largest absolute Gasteiger partial charge is 0.271 e. The molecule has 19 heavy (non-hydrogen) atoms. The molecular weight excluding hydrogens is 239 g/mol. The quantitative estimate of drug-likeness (QED) is 0.638. The summed E-state index contributed by atoms with van der Waals surface area (Å²) in [6.07, 6.45) is 1.82. The molecule has 0 bridgehead atoms. The molecule has 0 radical (unpaired) electrons. The van der Waals surface area contributed by atoms with Crippen LogP contribution < -0.4 is 11.3 Å². The first-order chi connectivity index (χ1) is 9.20. The molecule has 2 rings (SSSR count). The number of aryl methyl sites for hydroxylation is 2. The van der Waals surface area contributed by atoms with Crippen molar-refractivity contribution in [2.45, 2.75) is 25.8 Å². The number of benzene rings is 2. The first kappa shape index (κ1) is 13.7. The van der Waals surface area contributed by atoms with Crippen LogP contribution in [0.4, 0.5) is 4.39 Å². The summed E-state index contributed by atoms with van der Waals surface area (Å²) < 4.78 is 13.1. The van der Waals surface area contributed by atoms with E-state index in [9.17, 15) is 4.39 Å². The second-order valence-electron chi connectivity index (χ2n) is 4.74. The van der Waals surface area contributed by atoms with Crippen LogP contribution in [0.1, 0.15) is 29.2 Å². The summed E-state index contributed by atoms with van der Waals surface area (Å²) in [6, 6.07) is 15.1. The van der Waals surface area contributed by atoms with E-state index in [2.05, 4.69) is 17.6 Å². The molecule has 0 amide bonds. The minimum Gasteiger partial charge on any atom is -0.271 e. The van der Waals surface area contributed by atoms with Crippen molar-refractivity contribution in [1.29, 1.82) is 0 Å². The van der Waals surface area contributed by atoms with E-state index >= 15 is 0 Å². The fourth-order valence-corrected chi connectivity index (χ4v) is 2.31. The first-order valence-electron chi connectivity index (χ1n) is 6.47. The molecule has 2 aromatic carbocycles. The number of rotatable bonds is 5. The third-order valence-electron chi connectivity index (χ3n) is 3.37. The Balaban J connectivity index is 2.08. The van der Waals surface area contributed by atoms with E-state index in [1.54, 1.807) is 12.1 Å². The van der Waals surface area contributed by atoms with Crippen LogP contribution in [0.2, 0.25) is 0 Å². The summed E-state index contributed by atoms with van der Waals surface area (Å²) in [6.45, 7) is 1.91. The molecule has 0 saturated heterocycles. The van der Waals surface area contributed by atoms with E-state index in [4.69, 9.17) is 5.84 Å². The molecule has 2 nitrogen and oxygen atoms in total. The van der Waals surface area contributed by atoms with Gasteiger partial charge in [-0.05, 0) is 48.6 Å². The molecule has 0 aromatic heterocycles. The third kappa shape index (κ3) is 3.63. The van der Waals surface area contributed by atoms with Crippen molar-refractivity contribution in [3.8, 4) is 0 Å². The van der Waals surface area contributed by atoms with Gasteiger partial charge in [0.05, 0.1) is 0 Å². The fraction of sp³-hybridized carbons (Fsp3) is 0.250. The summed E-state index contributed by atoms with van der Waals surface area (Å²) in [5.74, 6) is 5.42. The van der Waals surface area contributed by atoms with Crippen LogP contribution in [-0.2, 0) is 6.42 Å². The molecular formula is C16H19FN2. The number of hydrogen-bond donors (Lipinski definition) is 2. The Morgan fingerprint density at radius 3 is 2.53 bits per heavy atom. The average Bonchev–Trinajstić information content (AvgIpc) is 2.42. The van der Waals surface area contributed by atoms with E-state index in [1.165, 1.54) is 11.6 Å². The zero-order valence-electron chi connectivity index (χ0n) is 11.1.